The molecule has 0 fully saturated rings. The summed E-state index contributed by atoms with van der Waals surface area (Å²) in [5, 5.41) is 7.41. The van der Waals surface area contributed by atoms with E-state index in [4.69, 9.17) is 4.74 Å². The molecule has 8 nitrogen and oxygen atoms in total. The first-order valence-corrected chi connectivity index (χ1v) is 9.51. The van der Waals surface area contributed by atoms with Crippen LogP contribution in [0.4, 0.5) is 0 Å². The molecule has 26 heavy (non-hydrogen) atoms. The molecule has 0 aliphatic heterocycles. The number of H-pyrrole nitrogens is 2. The van der Waals surface area contributed by atoms with Gasteiger partial charge in [0.25, 0.3) is 5.56 Å². The number of hydrogen-bond donors (Lipinski definition) is 3. The van der Waals surface area contributed by atoms with E-state index in [1.165, 1.54) is 0 Å². The van der Waals surface area contributed by atoms with Crippen LogP contribution in [-0.2, 0) is 16.4 Å². The van der Waals surface area contributed by atoms with E-state index in [0.717, 1.165) is 5.39 Å². The monoisotopic (exact) mass is 376 g/mol. The highest BCUT2D eigenvalue weighted by Crippen LogP contribution is 2.19. The Morgan fingerprint density at radius 2 is 2.00 bits per heavy atom. The van der Waals surface area contributed by atoms with Crippen molar-refractivity contribution in [1.82, 2.24) is 19.9 Å². The minimum Gasteiger partial charge on any atom is -0.497 e. The molecule has 3 rings (SSSR count). The van der Waals surface area contributed by atoms with E-state index in [1.807, 2.05) is 6.07 Å². The average molecular weight is 376 g/mol. The van der Waals surface area contributed by atoms with Gasteiger partial charge in [-0.2, -0.15) is 5.10 Å². The molecule has 0 spiro atoms. The maximum absolute atomic E-state index is 12.4. The molecular weight excluding hydrogens is 356 g/mol. The Morgan fingerprint density at radius 3 is 2.65 bits per heavy atom. The summed E-state index contributed by atoms with van der Waals surface area (Å²) in [6.45, 7) is 3.38. The van der Waals surface area contributed by atoms with Crippen molar-refractivity contribution in [2.45, 2.75) is 25.2 Å². The molecule has 0 unspecified atom stereocenters. The second-order valence-electron chi connectivity index (χ2n) is 5.99. The smallest absolute Gasteiger partial charge is 0.251 e. The van der Waals surface area contributed by atoms with Crippen molar-refractivity contribution in [3.05, 3.63) is 51.6 Å². The van der Waals surface area contributed by atoms with Crippen molar-refractivity contribution in [2.24, 2.45) is 0 Å². The lowest BCUT2D eigenvalue weighted by atomic mass is 10.1. The maximum atomic E-state index is 12.4. The molecule has 2 aromatic heterocycles. The third-order valence-corrected chi connectivity index (χ3v) is 5.87. The SMILES string of the molecule is COc1ccc2cc(CCNS(=O)(=O)c3c(C)n[nH]c3C)c(=O)[nH]c2c1. The lowest BCUT2D eigenvalue weighted by Gasteiger charge is -2.08. The van der Waals surface area contributed by atoms with Crippen molar-refractivity contribution < 1.29 is 13.2 Å². The van der Waals surface area contributed by atoms with Crippen molar-refractivity contribution >= 4 is 20.9 Å². The summed E-state index contributed by atoms with van der Waals surface area (Å²) in [6, 6.07) is 7.15. The lowest BCUT2D eigenvalue weighted by molar-refractivity contribution is 0.415. The van der Waals surface area contributed by atoms with E-state index in [-0.39, 0.29) is 23.4 Å². The van der Waals surface area contributed by atoms with Crippen LogP contribution in [0.5, 0.6) is 5.75 Å². The standard InChI is InChI=1S/C17H20N4O4S/c1-10-16(11(2)21-20-10)26(23,24)18-7-6-13-8-12-4-5-14(25-3)9-15(12)19-17(13)22/h4-5,8-9,18H,6-7H2,1-3H3,(H,19,22)(H,20,21). The molecule has 0 aliphatic carbocycles. The number of aryl methyl sites for hydroxylation is 2. The van der Waals surface area contributed by atoms with Gasteiger partial charge in [-0.05, 0) is 43.9 Å². The summed E-state index contributed by atoms with van der Waals surface area (Å²) in [7, 11) is -2.13. The first-order chi connectivity index (χ1) is 12.3. The topological polar surface area (TPSA) is 117 Å². The third-order valence-electron chi connectivity index (χ3n) is 4.15. The predicted molar refractivity (Wildman–Crippen MR) is 98.1 cm³/mol. The largest absolute Gasteiger partial charge is 0.497 e. The average Bonchev–Trinajstić information content (AvgIpc) is 2.94. The molecule has 0 aliphatic rings. The number of pyridine rings is 1. The first kappa shape index (κ1) is 18.2. The van der Waals surface area contributed by atoms with Gasteiger partial charge in [-0.25, -0.2) is 13.1 Å². The van der Waals surface area contributed by atoms with Crippen LogP contribution in [0, 0.1) is 13.8 Å². The molecule has 2 heterocycles. The van der Waals surface area contributed by atoms with Crippen LogP contribution >= 0.6 is 0 Å². The highest BCUT2D eigenvalue weighted by atomic mass is 32.2. The van der Waals surface area contributed by atoms with Crippen LogP contribution in [-0.4, -0.2) is 37.3 Å². The van der Waals surface area contributed by atoms with E-state index in [0.29, 0.717) is 28.2 Å². The number of aromatic nitrogens is 3. The van der Waals surface area contributed by atoms with Crippen LogP contribution in [0.2, 0.25) is 0 Å². The van der Waals surface area contributed by atoms with Crippen molar-refractivity contribution in [3.8, 4) is 5.75 Å². The maximum Gasteiger partial charge on any atom is 0.251 e. The predicted octanol–water partition coefficient (Wildman–Crippen LogP) is 1.40. The molecule has 0 atom stereocenters. The zero-order chi connectivity index (χ0) is 18.9. The molecule has 1 aromatic carbocycles. The Morgan fingerprint density at radius 1 is 1.23 bits per heavy atom. The molecule has 0 radical (unpaired) electrons. The third kappa shape index (κ3) is 3.49. The molecule has 3 N–H and O–H groups in total. The molecule has 3 aromatic rings. The van der Waals surface area contributed by atoms with Gasteiger partial charge >= 0.3 is 0 Å². The van der Waals surface area contributed by atoms with Gasteiger partial charge in [0, 0.05) is 18.2 Å². The zero-order valence-corrected chi connectivity index (χ0v) is 15.5. The van der Waals surface area contributed by atoms with Crippen LogP contribution in [0.15, 0.2) is 34.0 Å². The number of methoxy groups -OCH3 is 1. The molecular formula is C17H20N4O4S. The fourth-order valence-corrected chi connectivity index (χ4v) is 4.27. The highest BCUT2D eigenvalue weighted by molar-refractivity contribution is 7.89. The number of sulfonamides is 1. The summed E-state index contributed by atoms with van der Waals surface area (Å²) in [4.78, 5) is 15.2. The Kier molecular flexibility index (Phi) is 4.84. The van der Waals surface area contributed by atoms with Gasteiger partial charge in [0.15, 0.2) is 0 Å². The highest BCUT2D eigenvalue weighted by Gasteiger charge is 2.21. The minimum absolute atomic E-state index is 0.108. The summed E-state index contributed by atoms with van der Waals surface area (Å²) < 4.78 is 32.5. The number of benzene rings is 1. The summed E-state index contributed by atoms with van der Waals surface area (Å²) >= 11 is 0. The van der Waals surface area contributed by atoms with E-state index >= 15 is 0 Å². The van der Waals surface area contributed by atoms with Gasteiger partial charge in [0.1, 0.15) is 10.6 Å². The molecule has 138 valence electrons. The Balaban J connectivity index is 1.78. The van der Waals surface area contributed by atoms with E-state index in [2.05, 4.69) is 19.9 Å². The second-order valence-corrected chi connectivity index (χ2v) is 7.69. The Hall–Kier alpha value is -2.65. The fourth-order valence-electron chi connectivity index (χ4n) is 2.87. The van der Waals surface area contributed by atoms with Gasteiger partial charge in [-0.1, -0.05) is 0 Å². The number of nitrogens with zero attached hydrogens (tertiary/aromatic N) is 1. The summed E-state index contributed by atoms with van der Waals surface area (Å²) in [5.41, 5.74) is 1.81. The van der Waals surface area contributed by atoms with Crippen molar-refractivity contribution in [1.29, 1.82) is 0 Å². The lowest BCUT2D eigenvalue weighted by Crippen LogP contribution is -2.28. The first-order valence-electron chi connectivity index (χ1n) is 8.03. The van der Waals surface area contributed by atoms with E-state index in [1.54, 1.807) is 39.2 Å². The zero-order valence-electron chi connectivity index (χ0n) is 14.7. The number of nitrogens with one attached hydrogen (secondary N) is 3. The fraction of sp³-hybridized carbons (Fsp3) is 0.294. The quantitative estimate of drug-likeness (QED) is 0.601. The minimum atomic E-state index is -3.69. The van der Waals surface area contributed by atoms with Gasteiger partial charge in [0.2, 0.25) is 10.0 Å². The number of ether oxygens (including phenoxy) is 1. The van der Waals surface area contributed by atoms with Gasteiger partial charge in [-0.15, -0.1) is 0 Å². The summed E-state index contributed by atoms with van der Waals surface area (Å²) in [5.74, 6) is 0.652. The van der Waals surface area contributed by atoms with E-state index in [9.17, 15) is 13.2 Å². The number of aromatic amines is 2. The number of hydrogen-bond acceptors (Lipinski definition) is 5. The normalized spacial score (nSPS) is 11.8. The van der Waals surface area contributed by atoms with Crippen LogP contribution in [0.1, 0.15) is 17.0 Å². The van der Waals surface area contributed by atoms with Gasteiger partial charge in [0.05, 0.1) is 24.0 Å². The van der Waals surface area contributed by atoms with Crippen LogP contribution in [0.25, 0.3) is 10.9 Å². The van der Waals surface area contributed by atoms with Crippen molar-refractivity contribution in [2.75, 3.05) is 13.7 Å². The molecule has 9 heteroatoms. The molecule has 0 amide bonds. The number of fused-ring (bicyclic) bond motifs is 1. The van der Waals surface area contributed by atoms with Crippen LogP contribution < -0.4 is 15.0 Å². The number of rotatable bonds is 6. The van der Waals surface area contributed by atoms with Crippen molar-refractivity contribution in [3.63, 3.8) is 0 Å². The van der Waals surface area contributed by atoms with Gasteiger partial charge < -0.3 is 9.72 Å². The molecule has 0 saturated heterocycles. The van der Waals surface area contributed by atoms with Crippen LogP contribution in [0.3, 0.4) is 0 Å². The molecule has 0 bridgehead atoms. The summed E-state index contributed by atoms with van der Waals surface area (Å²) in [6.07, 6.45) is 0.270. The van der Waals surface area contributed by atoms with E-state index < -0.39 is 10.0 Å². The second kappa shape index (κ2) is 6.93. The molecule has 0 saturated carbocycles. The van der Waals surface area contributed by atoms with Gasteiger partial charge in [-0.3, -0.25) is 9.89 Å². The Bertz CT molecular complexity index is 1100. The Labute approximate surface area is 150 Å².